The predicted molar refractivity (Wildman–Crippen MR) is 63.2 cm³/mol. The third-order valence-corrected chi connectivity index (χ3v) is 3.58. The van der Waals surface area contributed by atoms with Gasteiger partial charge < -0.3 is 10.1 Å². The molecule has 0 bridgehead atoms. The average molecular weight is 223 g/mol. The highest BCUT2D eigenvalue weighted by Crippen LogP contribution is 2.34. The fraction of sp³-hybridized carbons (Fsp3) is 0.750. The molecule has 4 nitrogen and oxygen atoms in total. The van der Waals surface area contributed by atoms with Crippen molar-refractivity contribution in [3.05, 3.63) is 17.5 Å². The maximum absolute atomic E-state index is 5.56. The summed E-state index contributed by atoms with van der Waals surface area (Å²) in [7, 11) is 3.77. The van der Waals surface area contributed by atoms with E-state index in [1.54, 1.807) is 0 Å². The van der Waals surface area contributed by atoms with Crippen LogP contribution >= 0.6 is 0 Å². The Kier molecular flexibility index (Phi) is 3.30. The van der Waals surface area contributed by atoms with Crippen LogP contribution in [-0.4, -0.2) is 29.0 Å². The van der Waals surface area contributed by atoms with E-state index in [9.17, 15) is 0 Å². The first-order chi connectivity index (χ1) is 7.65. The van der Waals surface area contributed by atoms with Crippen molar-refractivity contribution in [1.29, 1.82) is 0 Å². The van der Waals surface area contributed by atoms with Crippen LogP contribution in [0.1, 0.15) is 30.5 Å². The Balaban J connectivity index is 1.81. The van der Waals surface area contributed by atoms with Gasteiger partial charge in [-0.2, -0.15) is 5.10 Å². The SMILES string of the molecule is COC1(CNCc2cn(C)nc2C)CCC1. The van der Waals surface area contributed by atoms with Gasteiger partial charge in [-0.25, -0.2) is 0 Å². The summed E-state index contributed by atoms with van der Waals surface area (Å²) in [6, 6.07) is 0. The molecule has 0 atom stereocenters. The fourth-order valence-electron chi connectivity index (χ4n) is 2.27. The lowest BCUT2D eigenvalue weighted by Crippen LogP contribution is -2.47. The maximum atomic E-state index is 5.56. The van der Waals surface area contributed by atoms with Crippen molar-refractivity contribution in [2.45, 2.75) is 38.3 Å². The van der Waals surface area contributed by atoms with Gasteiger partial charge in [0.25, 0.3) is 0 Å². The molecule has 1 aromatic heterocycles. The van der Waals surface area contributed by atoms with Gasteiger partial charge in [0.05, 0.1) is 11.3 Å². The molecule has 2 rings (SSSR count). The van der Waals surface area contributed by atoms with Crippen LogP contribution in [0.15, 0.2) is 6.20 Å². The summed E-state index contributed by atoms with van der Waals surface area (Å²) in [5.41, 5.74) is 2.49. The van der Waals surface area contributed by atoms with Gasteiger partial charge in [-0.3, -0.25) is 4.68 Å². The van der Waals surface area contributed by atoms with Crippen molar-refractivity contribution in [3.63, 3.8) is 0 Å². The summed E-state index contributed by atoms with van der Waals surface area (Å²) in [6.45, 7) is 3.87. The summed E-state index contributed by atoms with van der Waals surface area (Å²) in [5.74, 6) is 0. The fourth-order valence-corrected chi connectivity index (χ4v) is 2.27. The topological polar surface area (TPSA) is 39.1 Å². The highest BCUT2D eigenvalue weighted by Gasteiger charge is 2.36. The van der Waals surface area contributed by atoms with Gasteiger partial charge in [0.2, 0.25) is 0 Å². The number of rotatable bonds is 5. The van der Waals surface area contributed by atoms with E-state index >= 15 is 0 Å². The van der Waals surface area contributed by atoms with Crippen LogP contribution in [0.5, 0.6) is 0 Å². The van der Waals surface area contributed by atoms with Crippen molar-refractivity contribution >= 4 is 0 Å². The molecule has 0 aliphatic heterocycles. The number of nitrogens with zero attached hydrogens (tertiary/aromatic N) is 2. The third-order valence-electron chi connectivity index (χ3n) is 3.58. The Labute approximate surface area is 97.0 Å². The van der Waals surface area contributed by atoms with Crippen LogP contribution in [0.2, 0.25) is 0 Å². The van der Waals surface area contributed by atoms with Crippen LogP contribution < -0.4 is 5.32 Å². The normalized spacial score (nSPS) is 18.4. The molecule has 1 aliphatic rings. The number of hydrogen-bond acceptors (Lipinski definition) is 3. The highest BCUT2D eigenvalue weighted by molar-refractivity contribution is 5.14. The van der Waals surface area contributed by atoms with Crippen LogP contribution in [0, 0.1) is 6.92 Å². The Morgan fingerprint density at radius 1 is 1.56 bits per heavy atom. The summed E-state index contributed by atoms with van der Waals surface area (Å²) < 4.78 is 7.43. The first kappa shape index (κ1) is 11.6. The van der Waals surface area contributed by atoms with Crippen molar-refractivity contribution < 1.29 is 4.74 Å². The first-order valence-electron chi connectivity index (χ1n) is 5.90. The second-order valence-electron chi connectivity index (χ2n) is 4.76. The average Bonchev–Trinajstić information content (AvgIpc) is 2.50. The summed E-state index contributed by atoms with van der Waals surface area (Å²) in [4.78, 5) is 0. The van der Waals surface area contributed by atoms with Crippen LogP contribution in [-0.2, 0) is 18.3 Å². The van der Waals surface area contributed by atoms with Crippen LogP contribution in [0.25, 0.3) is 0 Å². The molecule has 0 unspecified atom stereocenters. The molecule has 1 N–H and O–H groups in total. The van der Waals surface area contributed by atoms with E-state index < -0.39 is 0 Å². The van der Waals surface area contributed by atoms with Gasteiger partial charge in [0, 0.05) is 39.0 Å². The minimum absolute atomic E-state index is 0.107. The van der Waals surface area contributed by atoms with E-state index in [1.165, 1.54) is 24.8 Å². The summed E-state index contributed by atoms with van der Waals surface area (Å²) in [5, 5.41) is 7.80. The van der Waals surface area contributed by atoms with Crippen LogP contribution in [0.4, 0.5) is 0 Å². The molecule has 1 heterocycles. The molecule has 0 saturated heterocycles. The third kappa shape index (κ3) is 2.28. The number of aryl methyl sites for hydroxylation is 2. The molecule has 0 spiro atoms. The zero-order valence-corrected chi connectivity index (χ0v) is 10.4. The van der Waals surface area contributed by atoms with E-state index in [4.69, 9.17) is 4.74 Å². The van der Waals surface area contributed by atoms with Gasteiger partial charge in [-0.1, -0.05) is 0 Å². The number of methoxy groups -OCH3 is 1. The van der Waals surface area contributed by atoms with Gasteiger partial charge >= 0.3 is 0 Å². The standard InChI is InChI=1S/C12H21N3O/c1-10-11(8-15(2)14-10)7-13-9-12(16-3)5-4-6-12/h8,13H,4-7,9H2,1-3H3. The minimum atomic E-state index is 0.107. The van der Waals surface area contributed by atoms with E-state index in [-0.39, 0.29) is 5.60 Å². The molecule has 0 amide bonds. The Bertz CT molecular complexity index is 350. The largest absolute Gasteiger partial charge is 0.377 e. The number of aromatic nitrogens is 2. The number of ether oxygens (including phenoxy) is 1. The summed E-state index contributed by atoms with van der Waals surface area (Å²) >= 11 is 0. The molecule has 1 saturated carbocycles. The monoisotopic (exact) mass is 223 g/mol. The molecule has 1 fully saturated rings. The quantitative estimate of drug-likeness (QED) is 0.820. The Morgan fingerprint density at radius 2 is 2.31 bits per heavy atom. The zero-order chi connectivity index (χ0) is 11.6. The van der Waals surface area contributed by atoms with E-state index in [0.29, 0.717) is 0 Å². The lowest BCUT2D eigenvalue weighted by molar-refractivity contribution is -0.0695. The van der Waals surface area contributed by atoms with E-state index in [2.05, 4.69) is 16.6 Å². The van der Waals surface area contributed by atoms with Gasteiger partial charge in [0.1, 0.15) is 0 Å². The van der Waals surface area contributed by atoms with Crippen LogP contribution in [0.3, 0.4) is 0 Å². The van der Waals surface area contributed by atoms with E-state index in [1.807, 2.05) is 25.8 Å². The predicted octanol–water partition coefficient (Wildman–Crippen LogP) is 1.39. The molecule has 0 aromatic carbocycles. The van der Waals surface area contributed by atoms with Gasteiger partial charge in [0.15, 0.2) is 0 Å². The Hall–Kier alpha value is -0.870. The molecular formula is C12H21N3O. The molecular weight excluding hydrogens is 202 g/mol. The molecule has 90 valence electrons. The number of nitrogens with one attached hydrogen (secondary N) is 1. The van der Waals surface area contributed by atoms with Crippen molar-refractivity contribution in [2.24, 2.45) is 7.05 Å². The lowest BCUT2D eigenvalue weighted by atomic mass is 9.80. The molecule has 0 radical (unpaired) electrons. The second-order valence-corrected chi connectivity index (χ2v) is 4.76. The van der Waals surface area contributed by atoms with Crippen molar-refractivity contribution in [1.82, 2.24) is 15.1 Å². The highest BCUT2D eigenvalue weighted by atomic mass is 16.5. The second kappa shape index (κ2) is 4.55. The summed E-state index contributed by atoms with van der Waals surface area (Å²) in [6.07, 6.45) is 5.73. The van der Waals surface area contributed by atoms with Gasteiger partial charge in [-0.15, -0.1) is 0 Å². The van der Waals surface area contributed by atoms with Crippen molar-refractivity contribution in [2.75, 3.05) is 13.7 Å². The molecule has 16 heavy (non-hydrogen) atoms. The molecule has 1 aromatic rings. The number of hydrogen-bond donors (Lipinski definition) is 1. The zero-order valence-electron chi connectivity index (χ0n) is 10.4. The first-order valence-corrected chi connectivity index (χ1v) is 5.90. The Morgan fingerprint density at radius 3 is 2.75 bits per heavy atom. The van der Waals surface area contributed by atoms with Gasteiger partial charge in [-0.05, 0) is 26.2 Å². The molecule has 4 heteroatoms. The minimum Gasteiger partial charge on any atom is -0.377 e. The van der Waals surface area contributed by atoms with E-state index in [0.717, 1.165) is 18.8 Å². The molecule has 1 aliphatic carbocycles. The smallest absolute Gasteiger partial charge is 0.0802 e. The lowest BCUT2D eigenvalue weighted by Gasteiger charge is -2.40. The maximum Gasteiger partial charge on any atom is 0.0802 e. The van der Waals surface area contributed by atoms with Crippen molar-refractivity contribution in [3.8, 4) is 0 Å².